The van der Waals surface area contributed by atoms with Gasteiger partial charge in [0.1, 0.15) is 5.60 Å². The monoisotopic (exact) mass is 335 g/mol. The molecule has 6 heteroatoms. The van der Waals surface area contributed by atoms with E-state index in [2.05, 4.69) is 5.32 Å². The third-order valence-electron chi connectivity index (χ3n) is 3.95. The highest BCUT2D eigenvalue weighted by Crippen LogP contribution is 2.46. The van der Waals surface area contributed by atoms with Gasteiger partial charge in [-0.1, -0.05) is 18.2 Å². The average Bonchev–Trinajstić information content (AvgIpc) is 3.27. The summed E-state index contributed by atoms with van der Waals surface area (Å²) in [6.07, 6.45) is 1.91. The fourth-order valence-electron chi connectivity index (χ4n) is 2.51. The first-order valence-electron chi connectivity index (χ1n) is 7.50. The van der Waals surface area contributed by atoms with E-state index in [9.17, 15) is 14.3 Å². The van der Waals surface area contributed by atoms with Gasteiger partial charge >= 0.3 is 0 Å². The number of amides is 1. The van der Waals surface area contributed by atoms with E-state index in [0.29, 0.717) is 0 Å². The van der Waals surface area contributed by atoms with Crippen molar-refractivity contribution in [3.8, 4) is 5.75 Å². The van der Waals surface area contributed by atoms with Gasteiger partial charge in [-0.05, 0) is 42.3 Å². The highest BCUT2D eigenvalue weighted by molar-refractivity contribution is 7.10. The lowest BCUT2D eigenvalue weighted by molar-refractivity contribution is -0.124. The lowest BCUT2D eigenvalue weighted by Crippen LogP contribution is -2.43. The Balaban J connectivity index is 1.55. The van der Waals surface area contributed by atoms with Gasteiger partial charge in [-0.3, -0.25) is 4.79 Å². The predicted octanol–water partition coefficient (Wildman–Crippen LogP) is 2.68. The SMILES string of the molecule is O=C(COc1ccccc1F)NC[C@@](O)(c1cccs1)C1CC1. The van der Waals surface area contributed by atoms with Gasteiger partial charge in [-0.15, -0.1) is 11.3 Å². The van der Waals surface area contributed by atoms with Gasteiger partial charge in [0.15, 0.2) is 18.2 Å². The molecule has 2 aromatic rings. The van der Waals surface area contributed by atoms with Crippen molar-refractivity contribution >= 4 is 17.2 Å². The van der Waals surface area contributed by atoms with E-state index in [0.717, 1.165) is 17.7 Å². The van der Waals surface area contributed by atoms with Crippen molar-refractivity contribution < 1.29 is 19.0 Å². The van der Waals surface area contributed by atoms with Crippen LogP contribution in [0.15, 0.2) is 41.8 Å². The fourth-order valence-corrected chi connectivity index (χ4v) is 3.41. The molecule has 1 aromatic carbocycles. The zero-order valence-corrected chi connectivity index (χ0v) is 13.3. The molecule has 0 radical (unpaired) electrons. The summed E-state index contributed by atoms with van der Waals surface area (Å²) in [5.41, 5.74) is -1.03. The molecule has 1 aromatic heterocycles. The first-order valence-corrected chi connectivity index (χ1v) is 8.38. The van der Waals surface area contributed by atoms with Crippen molar-refractivity contribution in [2.75, 3.05) is 13.2 Å². The normalized spacial score (nSPS) is 16.6. The Morgan fingerprint density at radius 2 is 2.13 bits per heavy atom. The van der Waals surface area contributed by atoms with Gasteiger partial charge in [-0.2, -0.15) is 0 Å². The summed E-state index contributed by atoms with van der Waals surface area (Å²) in [7, 11) is 0. The van der Waals surface area contributed by atoms with Gasteiger partial charge in [-0.25, -0.2) is 4.39 Å². The molecule has 23 heavy (non-hydrogen) atoms. The molecular weight excluding hydrogens is 317 g/mol. The van der Waals surface area contributed by atoms with Crippen LogP contribution in [-0.4, -0.2) is 24.2 Å². The molecule has 0 spiro atoms. The van der Waals surface area contributed by atoms with Gasteiger partial charge < -0.3 is 15.2 Å². The number of benzene rings is 1. The van der Waals surface area contributed by atoms with Crippen LogP contribution in [0, 0.1) is 11.7 Å². The summed E-state index contributed by atoms with van der Waals surface area (Å²) in [5.74, 6) is -0.676. The van der Waals surface area contributed by atoms with Crippen molar-refractivity contribution in [1.29, 1.82) is 0 Å². The number of halogens is 1. The molecule has 122 valence electrons. The summed E-state index contributed by atoms with van der Waals surface area (Å²) in [6.45, 7) is -0.149. The van der Waals surface area contributed by atoms with Crippen LogP contribution in [0.4, 0.5) is 4.39 Å². The van der Waals surface area contributed by atoms with Gasteiger partial charge in [0.2, 0.25) is 0 Å². The quantitative estimate of drug-likeness (QED) is 0.818. The molecule has 1 aliphatic carbocycles. The molecule has 4 nitrogen and oxygen atoms in total. The van der Waals surface area contributed by atoms with E-state index in [1.165, 1.54) is 23.5 Å². The number of rotatable bonds is 7. The van der Waals surface area contributed by atoms with Crippen LogP contribution in [0.5, 0.6) is 5.75 Å². The van der Waals surface area contributed by atoms with Crippen molar-refractivity contribution in [2.24, 2.45) is 5.92 Å². The number of aliphatic hydroxyl groups is 1. The minimum atomic E-state index is -1.03. The van der Waals surface area contributed by atoms with Crippen LogP contribution in [-0.2, 0) is 10.4 Å². The molecular formula is C17H18FNO3S. The van der Waals surface area contributed by atoms with Crippen LogP contribution < -0.4 is 10.1 Å². The summed E-state index contributed by atoms with van der Waals surface area (Å²) in [6, 6.07) is 9.70. The second kappa shape index (κ2) is 6.68. The maximum absolute atomic E-state index is 13.4. The Bertz CT molecular complexity index is 672. The number of ether oxygens (including phenoxy) is 1. The molecule has 0 aliphatic heterocycles. The van der Waals surface area contributed by atoms with Crippen LogP contribution in [0.1, 0.15) is 17.7 Å². The second-order valence-electron chi connectivity index (χ2n) is 5.67. The van der Waals surface area contributed by atoms with E-state index in [1.807, 2.05) is 17.5 Å². The van der Waals surface area contributed by atoms with Gasteiger partial charge in [0.05, 0.1) is 6.54 Å². The molecule has 0 bridgehead atoms. The van der Waals surface area contributed by atoms with E-state index < -0.39 is 11.4 Å². The van der Waals surface area contributed by atoms with Crippen molar-refractivity contribution in [2.45, 2.75) is 18.4 Å². The molecule has 1 amide bonds. The molecule has 2 N–H and O–H groups in total. The maximum Gasteiger partial charge on any atom is 0.258 e. The molecule has 0 unspecified atom stereocenters. The summed E-state index contributed by atoms with van der Waals surface area (Å²) in [5, 5.41) is 15.5. The third-order valence-corrected chi connectivity index (χ3v) is 4.99. The van der Waals surface area contributed by atoms with Crippen LogP contribution in [0.3, 0.4) is 0 Å². The Hall–Kier alpha value is -1.92. The number of thiophene rings is 1. The Kier molecular flexibility index (Phi) is 4.63. The Morgan fingerprint density at radius 3 is 2.78 bits per heavy atom. The van der Waals surface area contributed by atoms with Crippen LogP contribution in [0.2, 0.25) is 0 Å². The Morgan fingerprint density at radius 1 is 1.35 bits per heavy atom. The summed E-state index contributed by atoms with van der Waals surface area (Å²) < 4.78 is 18.6. The molecule has 1 atom stereocenters. The zero-order valence-electron chi connectivity index (χ0n) is 12.5. The number of hydrogen-bond acceptors (Lipinski definition) is 4. The number of carbonyl (C=O) groups is 1. The van der Waals surface area contributed by atoms with Crippen molar-refractivity contribution in [3.63, 3.8) is 0 Å². The van der Waals surface area contributed by atoms with Gasteiger partial charge in [0.25, 0.3) is 5.91 Å². The highest BCUT2D eigenvalue weighted by atomic mass is 32.1. The second-order valence-corrected chi connectivity index (χ2v) is 6.62. The van der Waals surface area contributed by atoms with E-state index in [-0.39, 0.29) is 30.7 Å². The molecule has 3 rings (SSSR count). The average molecular weight is 335 g/mol. The standard InChI is InChI=1S/C17H18FNO3S/c18-13-4-1-2-5-14(13)22-10-16(20)19-11-17(21,12-7-8-12)15-6-3-9-23-15/h1-6,9,12,21H,7-8,10-11H2,(H,19,20)/t17-/m0/s1. The number of para-hydroxylation sites is 1. The molecule has 1 fully saturated rings. The van der Waals surface area contributed by atoms with E-state index >= 15 is 0 Å². The van der Waals surface area contributed by atoms with Crippen LogP contribution >= 0.6 is 11.3 Å². The van der Waals surface area contributed by atoms with Crippen LogP contribution in [0.25, 0.3) is 0 Å². The smallest absolute Gasteiger partial charge is 0.258 e. The molecule has 1 aliphatic rings. The lowest BCUT2D eigenvalue weighted by atomic mass is 9.95. The van der Waals surface area contributed by atoms with E-state index in [1.54, 1.807) is 12.1 Å². The Labute approximate surface area is 137 Å². The predicted molar refractivity (Wildman–Crippen MR) is 85.8 cm³/mol. The minimum Gasteiger partial charge on any atom is -0.481 e. The maximum atomic E-state index is 13.4. The van der Waals surface area contributed by atoms with Crippen molar-refractivity contribution in [3.05, 3.63) is 52.5 Å². The number of nitrogens with one attached hydrogen (secondary N) is 1. The molecule has 1 heterocycles. The first-order chi connectivity index (χ1) is 11.1. The number of hydrogen-bond donors (Lipinski definition) is 2. The van der Waals surface area contributed by atoms with E-state index in [4.69, 9.17) is 4.74 Å². The first kappa shape index (κ1) is 16.0. The highest BCUT2D eigenvalue weighted by Gasteiger charge is 2.45. The molecule has 0 saturated heterocycles. The molecule has 1 saturated carbocycles. The lowest BCUT2D eigenvalue weighted by Gasteiger charge is -2.27. The summed E-state index contributed by atoms with van der Waals surface area (Å²) in [4.78, 5) is 12.8. The summed E-state index contributed by atoms with van der Waals surface area (Å²) >= 11 is 1.48. The topological polar surface area (TPSA) is 58.6 Å². The third kappa shape index (κ3) is 3.71. The van der Waals surface area contributed by atoms with Gasteiger partial charge in [0, 0.05) is 4.88 Å². The minimum absolute atomic E-state index is 0.0401. The fraction of sp³-hybridized carbons (Fsp3) is 0.353. The zero-order chi connectivity index (χ0) is 16.3. The largest absolute Gasteiger partial charge is 0.481 e. The van der Waals surface area contributed by atoms with Crippen molar-refractivity contribution in [1.82, 2.24) is 5.32 Å². The number of carbonyl (C=O) groups excluding carboxylic acids is 1.